The predicted molar refractivity (Wildman–Crippen MR) is 76.3 cm³/mol. The van der Waals surface area contributed by atoms with Crippen LogP contribution in [0.4, 0.5) is 4.39 Å². The Morgan fingerprint density at radius 1 is 1.39 bits per heavy atom. The summed E-state index contributed by atoms with van der Waals surface area (Å²) in [6.07, 6.45) is 1.38. The summed E-state index contributed by atoms with van der Waals surface area (Å²) in [5.41, 5.74) is 8.01. The molecule has 0 radical (unpaired) electrons. The summed E-state index contributed by atoms with van der Waals surface area (Å²) in [4.78, 5) is 4.38. The van der Waals surface area contributed by atoms with Gasteiger partial charge in [-0.3, -0.25) is 0 Å². The number of aromatic nitrogens is 1. The lowest BCUT2D eigenvalue weighted by Crippen LogP contribution is -2.25. The molecule has 0 bridgehead atoms. The Balaban J connectivity index is 2.00. The number of thiazole rings is 1. The number of aryl methyl sites for hydroxylation is 1. The quantitative estimate of drug-likeness (QED) is 0.933. The molecule has 0 fully saturated rings. The molecule has 1 aromatic carbocycles. The maximum atomic E-state index is 13.2. The van der Waals surface area contributed by atoms with Gasteiger partial charge in [0, 0.05) is 28.0 Å². The Hall–Kier alpha value is -0.780. The summed E-state index contributed by atoms with van der Waals surface area (Å²) in [7, 11) is 0. The molecule has 5 heteroatoms. The second-order valence-electron chi connectivity index (χ2n) is 4.33. The molecule has 1 unspecified atom stereocenters. The van der Waals surface area contributed by atoms with Crippen LogP contribution in [-0.2, 0) is 12.8 Å². The standard InChI is InChI=1S/C13H14BrFN2S/c1-8-7-18-13(17-8)6-12(16)4-9-2-10(14)5-11(15)3-9/h2-3,5,7,12H,4,6,16H2,1H3. The largest absolute Gasteiger partial charge is 0.327 e. The second-order valence-corrected chi connectivity index (χ2v) is 6.19. The Kier molecular flexibility index (Phi) is 4.48. The smallest absolute Gasteiger partial charge is 0.124 e. The SMILES string of the molecule is Cc1csc(CC(N)Cc2cc(F)cc(Br)c2)n1. The monoisotopic (exact) mass is 328 g/mol. The van der Waals surface area contributed by atoms with Gasteiger partial charge in [0.25, 0.3) is 0 Å². The predicted octanol–water partition coefficient (Wildman–Crippen LogP) is 3.47. The van der Waals surface area contributed by atoms with E-state index < -0.39 is 0 Å². The molecule has 2 nitrogen and oxygen atoms in total. The van der Waals surface area contributed by atoms with Crippen LogP contribution in [-0.4, -0.2) is 11.0 Å². The first-order chi connectivity index (χ1) is 8.52. The number of hydrogen-bond acceptors (Lipinski definition) is 3. The van der Waals surface area contributed by atoms with Crippen LogP contribution in [0.2, 0.25) is 0 Å². The van der Waals surface area contributed by atoms with Gasteiger partial charge in [0.1, 0.15) is 5.82 Å². The van der Waals surface area contributed by atoms with E-state index in [1.165, 1.54) is 12.1 Å². The van der Waals surface area contributed by atoms with Crippen molar-refractivity contribution < 1.29 is 4.39 Å². The number of nitrogens with two attached hydrogens (primary N) is 1. The van der Waals surface area contributed by atoms with Crippen molar-refractivity contribution in [3.05, 3.63) is 50.1 Å². The minimum atomic E-state index is -0.239. The molecule has 0 aliphatic carbocycles. The lowest BCUT2D eigenvalue weighted by molar-refractivity contribution is 0.616. The summed E-state index contributed by atoms with van der Waals surface area (Å²) in [5.74, 6) is -0.239. The van der Waals surface area contributed by atoms with Crippen LogP contribution in [0.15, 0.2) is 28.1 Å². The molecule has 0 aliphatic heterocycles. The van der Waals surface area contributed by atoms with Gasteiger partial charge in [0.15, 0.2) is 0 Å². The van der Waals surface area contributed by atoms with E-state index in [1.807, 2.05) is 18.4 Å². The number of benzene rings is 1. The third kappa shape index (κ3) is 3.86. The number of hydrogen-bond donors (Lipinski definition) is 1. The van der Waals surface area contributed by atoms with E-state index in [2.05, 4.69) is 20.9 Å². The van der Waals surface area contributed by atoms with Crippen LogP contribution in [0, 0.1) is 12.7 Å². The highest BCUT2D eigenvalue weighted by molar-refractivity contribution is 9.10. The molecule has 18 heavy (non-hydrogen) atoms. The summed E-state index contributed by atoms with van der Waals surface area (Å²) < 4.78 is 14.0. The van der Waals surface area contributed by atoms with Crippen LogP contribution in [0.1, 0.15) is 16.3 Å². The van der Waals surface area contributed by atoms with E-state index in [4.69, 9.17) is 5.73 Å². The molecule has 2 aromatic rings. The second kappa shape index (κ2) is 5.91. The van der Waals surface area contributed by atoms with Crippen molar-refractivity contribution in [1.82, 2.24) is 4.98 Å². The average molecular weight is 329 g/mol. The zero-order valence-electron chi connectivity index (χ0n) is 9.99. The van der Waals surface area contributed by atoms with E-state index in [-0.39, 0.29) is 11.9 Å². The topological polar surface area (TPSA) is 38.9 Å². The molecule has 0 saturated heterocycles. The van der Waals surface area contributed by atoms with Gasteiger partial charge >= 0.3 is 0 Å². The molecule has 1 heterocycles. The Morgan fingerprint density at radius 3 is 2.78 bits per heavy atom. The molecule has 1 aromatic heterocycles. The third-order valence-electron chi connectivity index (χ3n) is 2.52. The van der Waals surface area contributed by atoms with E-state index >= 15 is 0 Å². The third-order valence-corrected chi connectivity index (χ3v) is 3.97. The average Bonchev–Trinajstić information content (AvgIpc) is 2.61. The molecule has 0 saturated carbocycles. The molecule has 2 N–H and O–H groups in total. The summed E-state index contributed by atoms with van der Waals surface area (Å²) >= 11 is 4.90. The molecule has 0 amide bonds. The maximum Gasteiger partial charge on any atom is 0.124 e. The van der Waals surface area contributed by atoms with Crippen LogP contribution < -0.4 is 5.73 Å². The zero-order valence-corrected chi connectivity index (χ0v) is 12.4. The van der Waals surface area contributed by atoms with Gasteiger partial charge in [0.05, 0.1) is 5.01 Å². The lowest BCUT2D eigenvalue weighted by Gasteiger charge is -2.10. The lowest BCUT2D eigenvalue weighted by atomic mass is 10.0. The highest BCUT2D eigenvalue weighted by Crippen LogP contribution is 2.17. The van der Waals surface area contributed by atoms with Crippen LogP contribution in [0.5, 0.6) is 0 Å². The van der Waals surface area contributed by atoms with Crippen molar-refractivity contribution in [1.29, 1.82) is 0 Å². The van der Waals surface area contributed by atoms with E-state index in [0.717, 1.165) is 27.2 Å². The van der Waals surface area contributed by atoms with Crippen LogP contribution in [0.3, 0.4) is 0 Å². The Labute approximate surface area is 118 Å². The van der Waals surface area contributed by atoms with E-state index in [0.29, 0.717) is 6.42 Å². The van der Waals surface area contributed by atoms with Crippen LogP contribution >= 0.6 is 27.3 Å². The molecular weight excluding hydrogens is 315 g/mol. The first-order valence-electron chi connectivity index (χ1n) is 5.64. The van der Waals surface area contributed by atoms with Crippen molar-refractivity contribution in [3.8, 4) is 0 Å². The van der Waals surface area contributed by atoms with Gasteiger partial charge in [-0.05, 0) is 37.1 Å². The van der Waals surface area contributed by atoms with E-state index in [9.17, 15) is 4.39 Å². The first kappa shape index (κ1) is 13.6. The van der Waals surface area contributed by atoms with Crippen molar-refractivity contribution >= 4 is 27.3 Å². The molecule has 1 atom stereocenters. The van der Waals surface area contributed by atoms with Gasteiger partial charge in [0.2, 0.25) is 0 Å². The Morgan fingerprint density at radius 2 is 2.17 bits per heavy atom. The number of rotatable bonds is 4. The van der Waals surface area contributed by atoms with Crippen molar-refractivity contribution in [2.75, 3.05) is 0 Å². The Bertz CT molecular complexity index is 521. The first-order valence-corrected chi connectivity index (χ1v) is 7.32. The molecule has 0 aliphatic rings. The normalized spacial score (nSPS) is 12.7. The van der Waals surface area contributed by atoms with Crippen molar-refractivity contribution in [2.45, 2.75) is 25.8 Å². The van der Waals surface area contributed by atoms with Crippen LogP contribution in [0.25, 0.3) is 0 Å². The molecular formula is C13H14BrFN2S. The minimum absolute atomic E-state index is 0.0377. The van der Waals surface area contributed by atoms with Gasteiger partial charge in [-0.1, -0.05) is 15.9 Å². The highest BCUT2D eigenvalue weighted by Gasteiger charge is 2.09. The van der Waals surface area contributed by atoms with Gasteiger partial charge in [-0.25, -0.2) is 9.37 Å². The summed E-state index contributed by atoms with van der Waals surface area (Å²) in [6, 6.07) is 4.83. The molecule has 2 rings (SSSR count). The molecule has 0 spiro atoms. The fraction of sp³-hybridized carbons (Fsp3) is 0.308. The number of nitrogens with zero attached hydrogens (tertiary/aromatic N) is 1. The highest BCUT2D eigenvalue weighted by atomic mass is 79.9. The zero-order chi connectivity index (χ0) is 13.1. The fourth-order valence-corrected chi connectivity index (χ4v) is 3.20. The van der Waals surface area contributed by atoms with Crippen molar-refractivity contribution in [3.63, 3.8) is 0 Å². The maximum absolute atomic E-state index is 13.2. The number of halogens is 2. The van der Waals surface area contributed by atoms with Crippen molar-refractivity contribution in [2.24, 2.45) is 5.73 Å². The summed E-state index contributed by atoms with van der Waals surface area (Å²) in [6.45, 7) is 1.97. The summed E-state index contributed by atoms with van der Waals surface area (Å²) in [5, 5.41) is 3.05. The van der Waals surface area contributed by atoms with Gasteiger partial charge < -0.3 is 5.73 Å². The van der Waals surface area contributed by atoms with Gasteiger partial charge in [-0.2, -0.15) is 0 Å². The molecule has 96 valence electrons. The minimum Gasteiger partial charge on any atom is -0.327 e. The van der Waals surface area contributed by atoms with Gasteiger partial charge in [-0.15, -0.1) is 11.3 Å². The van der Waals surface area contributed by atoms with E-state index in [1.54, 1.807) is 11.3 Å². The fourth-order valence-electron chi connectivity index (χ4n) is 1.82.